The first-order chi connectivity index (χ1) is 5.38. The second-order valence-corrected chi connectivity index (χ2v) is 2.58. The summed E-state index contributed by atoms with van der Waals surface area (Å²) in [5.74, 6) is 0.389. The Kier molecular flexibility index (Phi) is 25.4. The van der Waals surface area contributed by atoms with Crippen LogP contribution in [-0.2, 0) is 35.7 Å². The second kappa shape index (κ2) is 15.2. The van der Waals surface area contributed by atoms with Crippen molar-refractivity contribution in [1.82, 2.24) is 0 Å². The molecule has 0 fully saturated rings. The molecule has 0 saturated carbocycles. The van der Waals surface area contributed by atoms with Gasteiger partial charge in [0.1, 0.15) is 0 Å². The normalized spacial score (nSPS) is 14.3. The minimum Gasteiger partial charge on any atom is -1.00 e. The fourth-order valence-electron chi connectivity index (χ4n) is 1.20. The van der Waals surface area contributed by atoms with Crippen molar-refractivity contribution in [3.8, 4) is 0 Å². The zero-order valence-corrected chi connectivity index (χ0v) is 13.3. The van der Waals surface area contributed by atoms with Crippen molar-refractivity contribution >= 4 is 0 Å². The van der Waals surface area contributed by atoms with Crippen molar-refractivity contribution in [1.29, 1.82) is 0 Å². The standard InChI is InChI=1S/C9H14O2.3ClH.Zr/c1-10-7-9(11-2)8-5-3-4-6-8;;;;/h3-6,8-9H,7H2,1-2H3;3*1H;/q;;;;+3/p-3. The van der Waals surface area contributed by atoms with Gasteiger partial charge < -0.3 is 46.7 Å². The molecule has 0 amide bonds. The maximum atomic E-state index is 5.25. The molecule has 0 aliphatic heterocycles. The molecule has 1 unspecified atom stereocenters. The van der Waals surface area contributed by atoms with E-state index in [1.807, 2.05) is 12.2 Å². The first-order valence-corrected chi connectivity index (χ1v) is 3.75. The van der Waals surface area contributed by atoms with E-state index >= 15 is 0 Å². The van der Waals surface area contributed by atoms with Crippen LogP contribution in [0.25, 0.3) is 0 Å². The van der Waals surface area contributed by atoms with Crippen LogP contribution in [0.3, 0.4) is 0 Å². The van der Waals surface area contributed by atoms with Crippen LogP contribution in [0, 0.1) is 5.92 Å². The number of halogens is 3. The van der Waals surface area contributed by atoms with E-state index in [9.17, 15) is 0 Å². The first-order valence-electron chi connectivity index (χ1n) is 3.75. The minimum atomic E-state index is 0. The summed E-state index contributed by atoms with van der Waals surface area (Å²) in [4.78, 5) is 0. The second-order valence-electron chi connectivity index (χ2n) is 2.58. The molecule has 0 N–H and O–H groups in total. The molecule has 0 aromatic carbocycles. The van der Waals surface area contributed by atoms with E-state index in [0.29, 0.717) is 12.5 Å². The van der Waals surface area contributed by atoms with Crippen LogP contribution in [0.1, 0.15) is 0 Å². The van der Waals surface area contributed by atoms with Crippen molar-refractivity contribution in [2.45, 2.75) is 6.10 Å². The maximum Gasteiger partial charge on any atom is 3.00 e. The predicted molar refractivity (Wildman–Crippen MR) is 44.4 cm³/mol. The third-order valence-electron chi connectivity index (χ3n) is 1.84. The van der Waals surface area contributed by atoms with Gasteiger partial charge in [-0.2, -0.15) is 0 Å². The third-order valence-corrected chi connectivity index (χ3v) is 1.84. The average Bonchev–Trinajstić information content (AvgIpc) is 2.52. The number of rotatable bonds is 4. The summed E-state index contributed by atoms with van der Waals surface area (Å²) in [7, 11) is 3.40. The van der Waals surface area contributed by atoms with Gasteiger partial charge in [0.05, 0.1) is 12.7 Å². The van der Waals surface area contributed by atoms with E-state index in [0.717, 1.165) is 0 Å². The van der Waals surface area contributed by atoms with Gasteiger partial charge in [-0.05, 0) is 0 Å². The van der Waals surface area contributed by atoms with Crippen LogP contribution in [0.4, 0.5) is 0 Å². The quantitative estimate of drug-likeness (QED) is 0.501. The Hall–Kier alpha value is 1.15. The van der Waals surface area contributed by atoms with Gasteiger partial charge in [-0.15, -0.1) is 0 Å². The zero-order valence-electron chi connectivity index (χ0n) is 8.62. The van der Waals surface area contributed by atoms with Gasteiger partial charge in [0.15, 0.2) is 0 Å². The smallest absolute Gasteiger partial charge is 1.00 e. The van der Waals surface area contributed by atoms with E-state index in [1.165, 1.54) is 0 Å². The molecule has 15 heavy (non-hydrogen) atoms. The van der Waals surface area contributed by atoms with Gasteiger partial charge in [0.25, 0.3) is 0 Å². The molecule has 1 rings (SSSR count). The SMILES string of the molecule is COCC(OC)C1C=CC=C1.[Cl-].[Cl-].[Cl-].[Zr+3]. The minimum absolute atomic E-state index is 0. The summed E-state index contributed by atoms with van der Waals surface area (Å²) < 4.78 is 10.3. The van der Waals surface area contributed by atoms with Gasteiger partial charge in [0, 0.05) is 20.1 Å². The van der Waals surface area contributed by atoms with Crippen molar-refractivity contribution in [3.05, 3.63) is 24.3 Å². The number of hydrogen-bond donors (Lipinski definition) is 0. The Morgan fingerprint density at radius 3 is 1.87 bits per heavy atom. The molecule has 0 bridgehead atoms. The topological polar surface area (TPSA) is 18.5 Å². The Labute approximate surface area is 129 Å². The summed E-state index contributed by atoms with van der Waals surface area (Å²) in [6.45, 7) is 0.649. The molecule has 87 valence electrons. The van der Waals surface area contributed by atoms with Crippen molar-refractivity contribution < 1.29 is 72.9 Å². The summed E-state index contributed by atoms with van der Waals surface area (Å²) in [6.07, 6.45) is 8.47. The fraction of sp³-hybridized carbons (Fsp3) is 0.556. The molecule has 6 heteroatoms. The van der Waals surface area contributed by atoms with E-state index in [1.54, 1.807) is 14.2 Å². The molecule has 1 atom stereocenters. The van der Waals surface area contributed by atoms with Crippen LogP contribution in [-0.4, -0.2) is 26.9 Å². The van der Waals surface area contributed by atoms with Crippen LogP contribution >= 0.6 is 0 Å². The summed E-state index contributed by atoms with van der Waals surface area (Å²) in [5.41, 5.74) is 0. The third kappa shape index (κ3) is 8.91. The number of ether oxygens (including phenoxy) is 2. The van der Waals surface area contributed by atoms with Gasteiger partial charge in [-0.25, -0.2) is 0 Å². The molecule has 1 aliphatic rings. The number of hydrogen-bond acceptors (Lipinski definition) is 2. The Morgan fingerprint density at radius 1 is 1.07 bits per heavy atom. The van der Waals surface area contributed by atoms with Crippen LogP contribution in [0.2, 0.25) is 0 Å². The van der Waals surface area contributed by atoms with Crippen molar-refractivity contribution in [3.63, 3.8) is 0 Å². The van der Waals surface area contributed by atoms with E-state index in [2.05, 4.69) is 12.2 Å². The molecule has 1 aliphatic carbocycles. The van der Waals surface area contributed by atoms with Gasteiger partial charge in [-0.3, -0.25) is 0 Å². The van der Waals surface area contributed by atoms with Crippen molar-refractivity contribution in [2.24, 2.45) is 5.92 Å². The molecule has 0 heterocycles. The predicted octanol–water partition coefficient (Wildman–Crippen LogP) is -7.60. The van der Waals surface area contributed by atoms with Gasteiger partial charge in [-0.1, -0.05) is 24.3 Å². The van der Waals surface area contributed by atoms with Crippen LogP contribution in [0.5, 0.6) is 0 Å². The van der Waals surface area contributed by atoms with Crippen LogP contribution < -0.4 is 37.2 Å². The summed E-state index contributed by atoms with van der Waals surface area (Å²) in [6, 6.07) is 0. The van der Waals surface area contributed by atoms with Crippen molar-refractivity contribution in [2.75, 3.05) is 20.8 Å². The summed E-state index contributed by atoms with van der Waals surface area (Å²) >= 11 is 0. The van der Waals surface area contributed by atoms with Gasteiger partial charge in [0.2, 0.25) is 0 Å². The zero-order chi connectivity index (χ0) is 8.10. The molecule has 0 aromatic rings. The molecular weight excluding hydrogens is 338 g/mol. The molecule has 0 aromatic heterocycles. The van der Waals surface area contributed by atoms with Gasteiger partial charge >= 0.3 is 26.2 Å². The fourth-order valence-corrected chi connectivity index (χ4v) is 1.20. The van der Waals surface area contributed by atoms with E-state index in [-0.39, 0.29) is 69.5 Å². The maximum absolute atomic E-state index is 5.25. The molecule has 0 saturated heterocycles. The van der Waals surface area contributed by atoms with Crippen LogP contribution in [0.15, 0.2) is 24.3 Å². The first kappa shape index (κ1) is 25.1. The Balaban J connectivity index is -0.000000151. The monoisotopic (exact) mass is 349 g/mol. The molecule has 1 radical (unpaired) electrons. The average molecular weight is 352 g/mol. The number of methoxy groups -OCH3 is 2. The largest absolute Gasteiger partial charge is 3.00 e. The molecular formula is C9H14Cl3O2Zr. The van der Waals surface area contributed by atoms with E-state index in [4.69, 9.17) is 9.47 Å². The molecule has 2 nitrogen and oxygen atoms in total. The Bertz CT molecular complexity index is 165. The Morgan fingerprint density at radius 2 is 1.53 bits per heavy atom. The molecule has 0 spiro atoms. The number of allylic oxidation sites excluding steroid dienone is 2. The summed E-state index contributed by atoms with van der Waals surface area (Å²) in [5, 5.41) is 0. The van der Waals surface area contributed by atoms with E-state index < -0.39 is 0 Å².